The largest absolute Gasteiger partial charge is 0.481 e. The van der Waals surface area contributed by atoms with E-state index in [1.165, 1.54) is 0 Å². The van der Waals surface area contributed by atoms with E-state index in [1.54, 1.807) is 30.9 Å². The molecule has 1 saturated heterocycles. The first-order chi connectivity index (χ1) is 11.8. The molecule has 2 rings (SSSR count). The Morgan fingerprint density at radius 1 is 1.20 bits per heavy atom. The van der Waals surface area contributed by atoms with E-state index < -0.39 is 12.6 Å². The van der Waals surface area contributed by atoms with Crippen LogP contribution in [0.25, 0.3) is 0 Å². The molecule has 0 aromatic heterocycles. The Balaban J connectivity index is 2.05. The van der Waals surface area contributed by atoms with Crippen LogP contribution in [-0.2, 0) is 9.59 Å². The van der Waals surface area contributed by atoms with Crippen molar-refractivity contribution in [1.82, 2.24) is 4.90 Å². The van der Waals surface area contributed by atoms with Gasteiger partial charge in [-0.25, -0.2) is 4.79 Å². The second kappa shape index (κ2) is 8.00. The van der Waals surface area contributed by atoms with Gasteiger partial charge in [-0.3, -0.25) is 9.59 Å². The van der Waals surface area contributed by atoms with Gasteiger partial charge in [0.1, 0.15) is 5.75 Å². The summed E-state index contributed by atoms with van der Waals surface area (Å²) in [6.07, 6.45) is 1.91. The summed E-state index contributed by atoms with van der Waals surface area (Å²) in [6, 6.07) is 3.45. The Kier molecular flexibility index (Phi) is 6.01. The SMILES string of the molecule is Cc1cc(C(=O)N2CCC(CC(N)=O)CC2)cc(C)c1OCC(=O)O. The predicted molar refractivity (Wildman–Crippen MR) is 91.5 cm³/mol. The Bertz CT molecular complexity index is 655. The van der Waals surface area contributed by atoms with Crippen LogP contribution in [0.3, 0.4) is 0 Å². The maximum absolute atomic E-state index is 12.7. The van der Waals surface area contributed by atoms with Crippen molar-refractivity contribution in [2.75, 3.05) is 19.7 Å². The minimum Gasteiger partial charge on any atom is -0.481 e. The molecule has 1 aromatic rings. The van der Waals surface area contributed by atoms with Crippen molar-refractivity contribution >= 4 is 17.8 Å². The Labute approximate surface area is 146 Å². The molecule has 3 N–H and O–H groups in total. The zero-order valence-electron chi connectivity index (χ0n) is 14.6. The summed E-state index contributed by atoms with van der Waals surface area (Å²) in [5, 5.41) is 8.73. The van der Waals surface area contributed by atoms with Crippen molar-refractivity contribution in [3.05, 3.63) is 28.8 Å². The van der Waals surface area contributed by atoms with Crippen LogP contribution in [0, 0.1) is 19.8 Å². The normalized spacial score (nSPS) is 15.0. The van der Waals surface area contributed by atoms with Crippen LogP contribution < -0.4 is 10.5 Å². The average molecular weight is 348 g/mol. The van der Waals surface area contributed by atoms with Crippen LogP contribution >= 0.6 is 0 Å². The number of aliphatic carboxylic acids is 1. The van der Waals surface area contributed by atoms with Crippen molar-refractivity contribution in [2.24, 2.45) is 11.7 Å². The summed E-state index contributed by atoms with van der Waals surface area (Å²) in [7, 11) is 0. The molecule has 1 aromatic carbocycles. The maximum atomic E-state index is 12.7. The van der Waals surface area contributed by atoms with Gasteiger partial charge in [-0.15, -0.1) is 0 Å². The number of primary amides is 1. The number of carboxylic acids is 1. The first-order valence-corrected chi connectivity index (χ1v) is 8.31. The van der Waals surface area contributed by atoms with E-state index in [4.69, 9.17) is 15.6 Å². The minimum absolute atomic E-state index is 0.0616. The monoisotopic (exact) mass is 348 g/mol. The number of ether oxygens (including phenoxy) is 1. The lowest BCUT2D eigenvalue weighted by Crippen LogP contribution is -2.39. The van der Waals surface area contributed by atoms with E-state index in [1.807, 2.05) is 0 Å². The zero-order chi connectivity index (χ0) is 18.6. The molecule has 0 bridgehead atoms. The Morgan fingerprint density at radius 3 is 2.24 bits per heavy atom. The van der Waals surface area contributed by atoms with Gasteiger partial charge in [0.25, 0.3) is 5.91 Å². The number of hydrogen-bond donors (Lipinski definition) is 2. The topological polar surface area (TPSA) is 110 Å². The molecule has 0 unspecified atom stereocenters. The Morgan fingerprint density at radius 2 is 1.76 bits per heavy atom. The Hall–Kier alpha value is -2.57. The number of nitrogens with zero attached hydrogens (tertiary/aromatic N) is 1. The fraction of sp³-hybridized carbons (Fsp3) is 0.500. The van der Waals surface area contributed by atoms with Crippen LogP contribution in [0.1, 0.15) is 40.7 Å². The minimum atomic E-state index is -1.04. The lowest BCUT2D eigenvalue weighted by Gasteiger charge is -2.31. The maximum Gasteiger partial charge on any atom is 0.341 e. The zero-order valence-corrected chi connectivity index (χ0v) is 14.6. The van der Waals surface area contributed by atoms with Gasteiger partial charge in [-0.1, -0.05) is 0 Å². The van der Waals surface area contributed by atoms with Gasteiger partial charge in [0.15, 0.2) is 6.61 Å². The second-order valence-electron chi connectivity index (χ2n) is 6.53. The van der Waals surface area contributed by atoms with E-state index in [9.17, 15) is 14.4 Å². The lowest BCUT2D eigenvalue weighted by atomic mass is 9.93. The van der Waals surface area contributed by atoms with E-state index in [0.29, 0.717) is 30.8 Å². The summed E-state index contributed by atoms with van der Waals surface area (Å²) in [5.74, 6) is -0.657. The van der Waals surface area contributed by atoms with Crippen LogP contribution in [-0.4, -0.2) is 47.5 Å². The molecule has 1 fully saturated rings. The fourth-order valence-electron chi connectivity index (χ4n) is 3.24. The number of carbonyl (C=O) groups excluding carboxylic acids is 2. The third-order valence-corrected chi connectivity index (χ3v) is 4.44. The van der Waals surface area contributed by atoms with Crippen LogP contribution in [0.5, 0.6) is 5.75 Å². The van der Waals surface area contributed by atoms with E-state index in [2.05, 4.69) is 0 Å². The average Bonchev–Trinajstić information content (AvgIpc) is 2.53. The third kappa shape index (κ3) is 4.95. The molecule has 7 heteroatoms. The number of rotatable bonds is 6. The molecule has 0 atom stereocenters. The van der Waals surface area contributed by atoms with Crippen molar-refractivity contribution in [1.29, 1.82) is 0 Å². The summed E-state index contributed by atoms with van der Waals surface area (Å²) < 4.78 is 5.29. The molecule has 25 heavy (non-hydrogen) atoms. The van der Waals surface area contributed by atoms with Crippen molar-refractivity contribution in [2.45, 2.75) is 33.1 Å². The molecule has 0 spiro atoms. The standard InChI is InChI=1S/C18H24N2O5/c1-11-7-14(8-12(2)17(11)25-10-16(22)23)18(24)20-5-3-13(4-6-20)9-15(19)21/h7-8,13H,3-6,9-10H2,1-2H3,(H2,19,21)(H,22,23). The molecule has 0 saturated carbocycles. The molecular weight excluding hydrogens is 324 g/mol. The van der Waals surface area contributed by atoms with Gasteiger partial charge in [-0.05, 0) is 55.9 Å². The molecular formula is C18H24N2O5. The molecule has 0 radical (unpaired) electrons. The number of hydrogen-bond acceptors (Lipinski definition) is 4. The van der Waals surface area contributed by atoms with Crippen LogP contribution in [0.15, 0.2) is 12.1 Å². The van der Waals surface area contributed by atoms with Gasteiger partial charge in [0, 0.05) is 25.1 Å². The number of carbonyl (C=O) groups is 3. The molecule has 0 aliphatic carbocycles. The smallest absolute Gasteiger partial charge is 0.341 e. The summed E-state index contributed by atoms with van der Waals surface area (Å²) in [5.41, 5.74) is 7.25. The number of amides is 2. The van der Waals surface area contributed by atoms with Gasteiger partial charge in [0.2, 0.25) is 5.91 Å². The molecule has 7 nitrogen and oxygen atoms in total. The number of carboxylic acid groups (broad SMARTS) is 1. The van der Waals surface area contributed by atoms with E-state index in [-0.39, 0.29) is 17.7 Å². The number of aryl methyl sites for hydroxylation is 2. The van der Waals surface area contributed by atoms with Crippen molar-refractivity contribution in [3.63, 3.8) is 0 Å². The summed E-state index contributed by atoms with van der Waals surface area (Å²) >= 11 is 0. The molecule has 136 valence electrons. The third-order valence-electron chi connectivity index (χ3n) is 4.44. The summed E-state index contributed by atoms with van der Waals surface area (Å²) in [6.45, 7) is 4.38. The van der Waals surface area contributed by atoms with E-state index in [0.717, 1.165) is 24.0 Å². The second-order valence-corrected chi connectivity index (χ2v) is 6.53. The van der Waals surface area contributed by atoms with Crippen molar-refractivity contribution < 1.29 is 24.2 Å². The van der Waals surface area contributed by atoms with E-state index >= 15 is 0 Å². The van der Waals surface area contributed by atoms with Gasteiger partial charge in [0.05, 0.1) is 0 Å². The van der Waals surface area contributed by atoms with Crippen LogP contribution in [0.2, 0.25) is 0 Å². The molecule has 1 heterocycles. The van der Waals surface area contributed by atoms with Crippen LogP contribution in [0.4, 0.5) is 0 Å². The molecule has 2 amide bonds. The highest BCUT2D eigenvalue weighted by molar-refractivity contribution is 5.95. The highest BCUT2D eigenvalue weighted by Gasteiger charge is 2.25. The number of benzene rings is 1. The van der Waals surface area contributed by atoms with Gasteiger partial charge < -0.3 is 20.5 Å². The molecule has 1 aliphatic heterocycles. The quantitative estimate of drug-likeness (QED) is 0.809. The first kappa shape index (κ1) is 18.8. The van der Waals surface area contributed by atoms with Gasteiger partial charge >= 0.3 is 5.97 Å². The number of piperidine rings is 1. The highest BCUT2D eigenvalue weighted by atomic mass is 16.5. The number of nitrogens with two attached hydrogens (primary N) is 1. The number of likely N-dealkylation sites (tertiary alicyclic amines) is 1. The fourth-order valence-corrected chi connectivity index (χ4v) is 3.24. The first-order valence-electron chi connectivity index (χ1n) is 8.31. The molecule has 1 aliphatic rings. The summed E-state index contributed by atoms with van der Waals surface area (Å²) in [4.78, 5) is 36.1. The lowest BCUT2D eigenvalue weighted by molar-refractivity contribution is -0.139. The van der Waals surface area contributed by atoms with Crippen molar-refractivity contribution in [3.8, 4) is 5.75 Å². The highest BCUT2D eigenvalue weighted by Crippen LogP contribution is 2.27. The predicted octanol–water partition coefficient (Wildman–Crippen LogP) is 1.49. The van der Waals surface area contributed by atoms with Gasteiger partial charge in [-0.2, -0.15) is 0 Å².